The van der Waals surface area contributed by atoms with E-state index < -0.39 is 0 Å². The van der Waals surface area contributed by atoms with E-state index in [1.165, 1.54) is 0 Å². The summed E-state index contributed by atoms with van der Waals surface area (Å²) in [6, 6.07) is 14.3. The zero-order valence-corrected chi connectivity index (χ0v) is 16.0. The molecule has 26 heavy (non-hydrogen) atoms. The van der Waals surface area contributed by atoms with Crippen molar-refractivity contribution in [1.82, 2.24) is 9.88 Å². The van der Waals surface area contributed by atoms with Crippen LogP contribution in [0, 0.1) is 0 Å². The third-order valence-electron chi connectivity index (χ3n) is 5.01. The van der Waals surface area contributed by atoms with Gasteiger partial charge in [-0.25, -0.2) is 0 Å². The van der Waals surface area contributed by atoms with Crippen molar-refractivity contribution < 1.29 is 9.53 Å². The maximum Gasteiger partial charge on any atom is 0.240 e. The van der Waals surface area contributed by atoms with Crippen LogP contribution in [0.3, 0.4) is 0 Å². The number of nitrogens with one attached hydrogen (secondary N) is 1. The molecule has 1 aromatic heterocycles. The first-order chi connectivity index (χ1) is 12.7. The molecule has 3 aromatic rings. The van der Waals surface area contributed by atoms with E-state index in [9.17, 15) is 4.79 Å². The van der Waals surface area contributed by atoms with Gasteiger partial charge < -0.3 is 14.6 Å². The van der Waals surface area contributed by atoms with E-state index in [2.05, 4.69) is 17.1 Å². The fraction of sp³-hybridized carbons (Fsp3) is 0.286. The maximum absolute atomic E-state index is 13.3. The molecule has 134 valence electrons. The summed E-state index contributed by atoms with van der Waals surface area (Å²) in [5, 5.41) is 0.813. The van der Waals surface area contributed by atoms with Gasteiger partial charge in [-0.2, -0.15) is 0 Å². The van der Waals surface area contributed by atoms with E-state index in [4.69, 9.17) is 4.74 Å². The van der Waals surface area contributed by atoms with Gasteiger partial charge in [0.1, 0.15) is 11.0 Å². The highest BCUT2D eigenvalue weighted by Crippen LogP contribution is 2.52. The van der Waals surface area contributed by atoms with Gasteiger partial charge in [0.2, 0.25) is 5.91 Å². The number of hydrogen-bond acceptors (Lipinski definition) is 3. The number of ether oxygens (including phenoxy) is 1. The van der Waals surface area contributed by atoms with E-state index in [1.807, 2.05) is 49.1 Å². The molecule has 4 nitrogen and oxygen atoms in total. The topological polar surface area (TPSA) is 45.3 Å². The molecule has 4 rings (SSSR count). The van der Waals surface area contributed by atoms with Gasteiger partial charge in [0.15, 0.2) is 0 Å². The van der Waals surface area contributed by atoms with Crippen LogP contribution in [0.4, 0.5) is 0 Å². The standard InChI is InChI=1S/C21H22N2O2S/c1-4-23(5-2)21(24)20-18-15-12-13(25-3)10-11-16(15)22-19(18)14-8-6-7-9-17(14)26-20/h6-12,20,22H,4-5H2,1-3H3. The van der Waals surface area contributed by atoms with Crippen molar-refractivity contribution in [3.8, 4) is 17.0 Å². The summed E-state index contributed by atoms with van der Waals surface area (Å²) < 4.78 is 5.42. The Balaban J connectivity index is 1.96. The highest BCUT2D eigenvalue weighted by molar-refractivity contribution is 8.00. The van der Waals surface area contributed by atoms with Crippen LogP contribution in [0.1, 0.15) is 24.7 Å². The summed E-state index contributed by atoms with van der Waals surface area (Å²) in [4.78, 5) is 19.9. The van der Waals surface area contributed by atoms with Crippen LogP contribution in [0.25, 0.3) is 22.2 Å². The number of aromatic nitrogens is 1. The number of benzene rings is 2. The van der Waals surface area contributed by atoms with Crippen molar-refractivity contribution in [2.45, 2.75) is 24.0 Å². The van der Waals surface area contributed by atoms with Crippen molar-refractivity contribution in [1.29, 1.82) is 0 Å². The number of amides is 1. The molecule has 2 aromatic carbocycles. The van der Waals surface area contributed by atoms with Gasteiger partial charge in [-0.15, -0.1) is 11.8 Å². The number of thioether (sulfide) groups is 1. The lowest BCUT2D eigenvalue weighted by atomic mass is 10.0. The summed E-state index contributed by atoms with van der Waals surface area (Å²) >= 11 is 1.65. The van der Waals surface area contributed by atoms with Crippen molar-refractivity contribution in [2.24, 2.45) is 0 Å². The number of fused-ring (bicyclic) bond motifs is 5. The second kappa shape index (κ2) is 6.72. The average molecular weight is 366 g/mol. The zero-order chi connectivity index (χ0) is 18.3. The fourth-order valence-electron chi connectivity index (χ4n) is 3.64. The Hall–Kier alpha value is -2.40. The molecular weight excluding hydrogens is 344 g/mol. The number of aromatic amines is 1. The monoisotopic (exact) mass is 366 g/mol. The molecule has 0 spiro atoms. The molecule has 0 saturated heterocycles. The smallest absolute Gasteiger partial charge is 0.240 e. The molecule has 1 unspecified atom stereocenters. The summed E-state index contributed by atoms with van der Waals surface area (Å²) in [5.41, 5.74) is 4.31. The molecule has 0 fully saturated rings. The third kappa shape index (κ3) is 2.58. The highest BCUT2D eigenvalue weighted by atomic mass is 32.2. The minimum Gasteiger partial charge on any atom is -0.497 e. The molecule has 1 aliphatic rings. The van der Waals surface area contributed by atoms with Gasteiger partial charge >= 0.3 is 0 Å². The first kappa shape index (κ1) is 17.0. The predicted octanol–water partition coefficient (Wildman–Crippen LogP) is 4.86. The first-order valence-electron chi connectivity index (χ1n) is 8.92. The van der Waals surface area contributed by atoms with Crippen LogP contribution in [0.15, 0.2) is 47.4 Å². The van der Waals surface area contributed by atoms with Crippen LogP contribution in [-0.2, 0) is 4.79 Å². The zero-order valence-electron chi connectivity index (χ0n) is 15.2. The van der Waals surface area contributed by atoms with E-state index in [1.54, 1.807) is 18.9 Å². The van der Waals surface area contributed by atoms with Gasteiger partial charge in [0.25, 0.3) is 0 Å². The summed E-state index contributed by atoms with van der Waals surface area (Å²) in [5.74, 6) is 0.969. The second-order valence-corrected chi connectivity index (χ2v) is 7.48. The number of rotatable bonds is 4. The van der Waals surface area contributed by atoms with E-state index in [0.717, 1.165) is 51.5 Å². The number of likely N-dealkylation sites (N-methyl/N-ethyl adjacent to an activating group) is 1. The number of H-pyrrole nitrogens is 1. The Kier molecular flexibility index (Phi) is 4.41. The van der Waals surface area contributed by atoms with Crippen LogP contribution in [0.2, 0.25) is 0 Å². The first-order valence-corrected chi connectivity index (χ1v) is 9.80. The number of methoxy groups -OCH3 is 1. The molecule has 1 amide bonds. The van der Waals surface area contributed by atoms with Crippen LogP contribution >= 0.6 is 11.8 Å². The third-order valence-corrected chi connectivity index (χ3v) is 6.29. The van der Waals surface area contributed by atoms with E-state index in [0.29, 0.717) is 0 Å². The van der Waals surface area contributed by atoms with Crippen LogP contribution in [-0.4, -0.2) is 36.0 Å². The van der Waals surface area contributed by atoms with Gasteiger partial charge in [-0.05, 0) is 38.1 Å². The highest BCUT2D eigenvalue weighted by Gasteiger charge is 2.35. The minimum atomic E-state index is -0.249. The average Bonchev–Trinajstić information content (AvgIpc) is 3.07. The molecular formula is C21H22N2O2S. The van der Waals surface area contributed by atoms with Crippen LogP contribution < -0.4 is 4.74 Å². The Morgan fingerprint density at radius 3 is 2.69 bits per heavy atom. The molecule has 1 N–H and O–H groups in total. The summed E-state index contributed by atoms with van der Waals surface area (Å²) in [6.45, 7) is 5.49. The lowest BCUT2D eigenvalue weighted by Crippen LogP contribution is -2.34. The molecule has 0 bridgehead atoms. The van der Waals surface area contributed by atoms with Gasteiger partial charge in [-0.3, -0.25) is 4.79 Å². The lowest BCUT2D eigenvalue weighted by molar-refractivity contribution is -0.130. The van der Waals surface area contributed by atoms with E-state index in [-0.39, 0.29) is 11.2 Å². The SMILES string of the molecule is CCN(CC)C(=O)C1Sc2ccccc2-c2[nH]c3ccc(OC)cc3c21. The van der Waals surface area contributed by atoms with Gasteiger partial charge in [0, 0.05) is 40.0 Å². The number of carbonyl (C=O) groups excluding carboxylic acids is 1. The molecule has 0 radical (unpaired) electrons. The van der Waals surface area contributed by atoms with Crippen molar-refractivity contribution in [2.75, 3.05) is 20.2 Å². The van der Waals surface area contributed by atoms with Crippen molar-refractivity contribution in [3.05, 3.63) is 48.0 Å². The normalized spacial score (nSPS) is 15.4. The molecule has 1 aliphatic heterocycles. The van der Waals surface area contributed by atoms with E-state index >= 15 is 0 Å². The minimum absolute atomic E-state index is 0.166. The Labute approximate surface area is 157 Å². The maximum atomic E-state index is 13.3. The fourth-order valence-corrected chi connectivity index (χ4v) is 4.96. The number of hydrogen-bond donors (Lipinski definition) is 1. The van der Waals surface area contributed by atoms with Crippen molar-refractivity contribution >= 4 is 28.6 Å². The Morgan fingerprint density at radius 1 is 1.19 bits per heavy atom. The summed E-state index contributed by atoms with van der Waals surface area (Å²) in [6.07, 6.45) is 0. The predicted molar refractivity (Wildman–Crippen MR) is 107 cm³/mol. The molecule has 0 aliphatic carbocycles. The Morgan fingerprint density at radius 2 is 1.96 bits per heavy atom. The van der Waals surface area contributed by atoms with Gasteiger partial charge in [0.05, 0.1) is 12.8 Å². The summed E-state index contributed by atoms with van der Waals surface area (Å²) in [7, 11) is 1.67. The molecule has 1 atom stereocenters. The number of nitrogens with zero attached hydrogens (tertiary/aromatic N) is 1. The quantitative estimate of drug-likeness (QED) is 0.717. The number of carbonyl (C=O) groups is 1. The Bertz CT molecular complexity index is 975. The largest absolute Gasteiger partial charge is 0.497 e. The van der Waals surface area contributed by atoms with Gasteiger partial charge in [-0.1, -0.05) is 18.2 Å². The van der Waals surface area contributed by atoms with Crippen molar-refractivity contribution in [3.63, 3.8) is 0 Å². The molecule has 2 heterocycles. The second-order valence-electron chi connectivity index (χ2n) is 6.33. The van der Waals surface area contributed by atoms with Crippen LogP contribution in [0.5, 0.6) is 5.75 Å². The molecule has 0 saturated carbocycles. The molecule has 5 heteroatoms. The lowest BCUT2D eigenvalue weighted by Gasteiger charge is -2.29.